The quantitative estimate of drug-likeness (QED) is 0.847. The van der Waals surface area contributed by atoms with E-state index in [1.165, 1.54) is 0 Å². The molecule has 106 valence electrons. The first kappa shape index (κ1) is 14.3. The number of anilines is 1. The van der Waals surface area contributed by atoms with Gasteiger partial charge in [-0.25, -0.2) is 8.42 Å². The van der Waals surface area contributed by atoms with E-state index in [0.29, 0.717) is 23.0 Å². The summed E-state index contributed by atoms with van der Waals surface area (Å²) >= 11 is 0. The van der Waals surface area contributed by atoms with Gasteiger partial charge in [0.2, 0.25) is 10.0 Å². The van der Waals surface area contributed by atoms with Crippen molar-refractivity contribution < 1.29 is 8.42 Å². The lowest BCUT2D eigenvalue weighted by Crippen LogP contribution is -2.44. The summed E-state index contributed by atoms with van der Waals surface area (Å²) in [7, 11) is -3.40. The average molecular weight is 282 g/mol. The first-order chi connectivity index (χ1) is 8.82. The van der Waals surface area contributed by atoms with Gasteiger partial charge in [-0.1, -0.05) is 6.92 Å². The van der Waals surface area contributed by atoms with E-state index in [1.54, 1.807) is 22.5 Å². The van der Waals surface area contributed by atoms with Gasteiger partial charge in [-0.05, 0) is 56.4 Å². The molecule has 0 radical (unpaired) electrons. The fourth-order valence-electron chi connectivity index (χ4n) is 2.69. The minimum Gasteiger partial charge on any atom is -0.399 e. The molecular formula is C14H22N2O2S. The van der Waals surface area contributed by atoms with Crippen molar-refractivity contribution >= 4 is 15.7 Å². The Hall–Kier alpha value is -1.07. The molecule has 2 atom stereocenters. The summed E-state index contributed by atoms with van der Waals surface area (Å²) in [6, 6.07) is 4.99. The van der Waals surface area contributed by atoms with E-state index in [9.17, 15) is 8.42 Å². The van der Waals surface area contributed by atoms with E-state index in [4.69, 9.17) is 5.73 Å². The molecule has 2 N–H and O–H groups in total. The number of hydrogen-bond donors (Lipinski definition) is 1. The third-order valence-corrected chi connectivity index (χ3v) is 5.93. The average Bonchev–Trinajstić information content (AvgIpc) is 2.32. The Labute approximate surface area is 115 Å². The van der Waals surface area contributed by atoms with Crippen molar-refractivity contribution in [1.82, 2.24) is 4.31 Å². The molecule has 2 rings (SSSR count). The number of hydrogen-bond acceptors (Lipinski definition) is 3. The predicted molar refractivity (Wildman–Crippen MR) is 77.3 cm³/mol. The zero-order valence-electron chi connectivity index (χ0n) is 11.8. The molecule has 0 aromatic heterocycles. The van der Waals surface area contributed by atoms with Crippen LogP contribution in [0.25, 0.3) is 0 Å². The van der Waals surface area contributed by atoms with E-state index >= 15 is 0 Å². The second-order valence-corrected chi connectivity index (χ2v) is 7.50. The van der Waals surface area contributed by atoms with Crippen LogP contribution in [0.3, 0.4) is 0 Å². The van der Waals surface area contributed by atoms with Crippen molar-refractivity contribution in [2.45, 2.75) is 44.6 Å². The van der Waals surface area contributed by atoms with Crippen molar-refractivity contribution in [3.63, 3.8) is 0 Å². The zero-order valence-corrected chi connectivity index (χ0v) is 12.6. The number of benzene rings is 1. The lowest BCUT2D eigenvalue weighted by molar-refractivity contribution is 0.220. The van der Waals surface area contributed by atoms with Gasteiger partial charge >= 0.3 is 0 Å². The molecule has 2 unspecified atom stereocenters. The van der Waals surface area contributed by atoms with E-state index in [0.717, 1.165) is 18.4 Å². The molecule has 1 fully saturated rings. The molecule has 1 aliphatic heterocycles. The van der Waals surface area contributed by atoms with Crippen LogP contribution in [0.5, 0.6) is 0 Å². The highest BCUT2D eigenvalue weighted by Crippen LogP contribution is 2.29. The molecule has 0 amide bonds. The molecule has 0 saturated carbocycles. The molecule has 1 aliphatic rings. The fourth-order valence-corrected chi connectivity index (χ4v) is 4.43. The van der Waals surface area contributed by atoms with Gasteiger partial charge in [0.25, 0.3) is 0 Å². The normalized spacial score (nSPS) is 25.4. The fraction of sp³-hybridized carbons (Fsp3) is 0.571. The topological polar surface area (TPSA) is 63.4 Å². The van der Waals surface area contributed by atoms with Gasteiger partial charge in [0.1, 0.15) is 0 Å². The number of rotatable bonds is 2. The molecule has 1 aromatic rings. The SMILES string of the molecule is Cc1cc(S(=O)(=O)N2CCC(C)CC2C)ccc1N. The van der Waals surface area contributed by atoms with Crippen LogP contribution >= 0.6 is 0 Å². The third kappa shape index (κ3) is 2.77. The third-order valence-electron chi connectivity index (χ3n) is 3.93. The van der Waals surface area contributed by atoms with Gasteiger partial charge in [0.15, 0.2) is 0 Å². The van der Waals surface area contributed by atoms with Crippen LogP contribution in [-0.2, 0) is 10.0 Å². The zero-order chi connectivity index (χ0) is 14.2. The van der Waals surface area contributed by atoms with Gasteiger partial charge in [0.05, 0.1) is 4.90 Å². The van der Waals surface area contributed by atoms with Crippen LogP contribution in [-0.4, -0.2) is 25.3 Å². The van der Waals surface area contributed by atoms with Gasteiger partial charge in [-0.3, -0.25) is 0 Å². The minimum absolute atomic E-state index is 0.0617. The summed E-state index contributed by atoms with van der Waals surface area (Å²) in [5, 5.41) is 0. The van der Waals surface area contributed by atoms with Crippen molar-refractivity contribution in [3.8, 4) is 0 Å². The van der Waals surface area contributed by atoms with Crippen molar-refractivity contribution in [3.05, 3.63) is 23.8 Å². The van der Waals surface area contributed by atoms with E-state index in [-0.39, 0.29) is 6.04 Å². The molecule has 1 heterocycles. The maximum Gasteiger partial charge on any atom is 0.243 e. The molecule has 1 aromatic carbocycles. The molecule has 0 aliphatic carbocycles. The summed E-state index contributed by atoms with van der Waals surface area (Å²) in [6.07, 6.45) is 1.85. The maximum absolute atomic E-state index is 12.7. The highest BCUT2D eigenvalue weighted by molar-refractivity contribution is 7.89. The van der Waals surface area contributed by atoms with Crippen molar-refractivity contribution in [2.75, 3.05) is 12.3 Å². The van der Waals surface area contributed by atoms with Crippen LogP contribution in [0.2, 0.25) is 0 Å². The molecule has 0 bridgehead atoms. The monoisotopic (exact) mass is 282 g/mol. The lowest BCUT2D eigenvalue weighted by Gasteiger charge is -2.35. The molecule has 4 nitrogen and oxygen atoms in total. The summed E-state index contributed by atoms with van der Waals surface area (Å²) in [6.45, 7) is 6.59. The van der Waals surface area contributed by atoms with E-state index in [1.807, 2.05) is 13.8 Å². The lowest BCUT2D eigenvalue weighted by atomic mass is 9.95. The Morgan fingerprint density at radius 1 is 1.32 bits per heavy atom. The Morgan fingerprint density at radius 2 is 2.00 bits per heavy atom. The Balaban J connectivity index is 2.34. The van der Waals surface area contributed by atoms with Crippen molar-refractivity contribution in [2.24, 2.45) is 5.92 Å². The number of aryl methyl sites for hydroxylation is 1. The van der Waals surface area contributed by atoms with Gasteiger partial charge in [0, 0.05) is 18.3 Å². The second kappa shape index (κ2) is 5.13. The summed E-state index contributed by atoms with van der Waals surface area (Å²) in [4.78, 5) is 0.348. The Bertz CT molecular complexity index is 569. The Kier molecular flexibility index (Phi) is 3.87. The number of nitrogens with two attached hydrogens (primary N) is 1. The van der Waals surface area contributed by atoms with Crippen LogP contribution in [0.1, 0.15) is 32.3 Å². The smallest absolute Gasteiger partial charge is 0.243 e. The van der Waals surface area contributed by atoms with Crippen molar-refractivity contribution in [1.29, 1.82) is 0 Å². The van der Waals surface area contributed by atoms with Gasteiger partial charge in [-0.15, -0.1) is 0 Å². The second-order valence-electron chi connectivity index (χ2n) is 5.61. The van der Waals surface area contributed by atoms with E-state index < -0.39 is 10.0 Å². The minimum atomic E-state index is -3.40. The Morgan fingerprint density at radius 3 is 2.58 bits per heavy atom. The number of nitrogens with zero attached hydrogens (tertiary/aromatic N) is 1. The largest absolute Gasteiger partial charge is 0.399 e. The molecule has 0 spiro atoms. The van der Waals surface area contributed by atoms with Crippen LogP contribution in [0, 0.1) is 12.8 Å². The number of piperidine rings is 1. The van der Waals surface area contributed by atoms with Gasteiger partial charge in [-0.2, -0.15) is 4.31 Å². The van der Waals surface area contributed by atoms with Crippen LogP contribution < -0.4 is 5.73 Å². The standard InChI is InChI=1S/C14H22N2O2S/c1-10-6-7-16(12(3)8-10)19(17,18)13-4-5-14(15)11(2)9-13/h4-5,9-10,12H,6-8,15H2,1-3H3. The summed E-state index contributed by atoms with van der Waals surface area (Å²) in [5.41, 5.74) is 7.18. The summed E-state index contributed by atoms with van der Waals surface area (Å²) in [5.74, 6) is 0.592. The predicted octanol–water partition coefficient (Wildman–Crippen LogP) is 2.39. The van der Waals surface area contributed by atoms with E-state index in [2.05, 4.69) is 6.92 Å². The molecule has 19 heavy (non-hydrogen) atoms. The van der Waals surface area contributed by atoms with Crippen LogP contribution in [0.15, 0.2) is 23.1 Å². The molecule has 5 heteroatoms. The first-order valence-corrected chi connectivity index (χ1v) is 8.14. The number of sulfonamides is 1. The summed E-state index contributed by atoms with van der Waals surface area (Å²) < 4.78 is 26.9. The molecular weight excluding hydrogens is 260 g/mol. The maximum atomic E-state index is 12.7. The first-order valence-electron chi connectivity index (χ1n) is 6.70. The molecule has 1 saturated heterocycles. The highest BCUT2D eigenvalue weighted by atomic mass is 32.2. The van der Waals surface area contributed by atoms with Crippen LogP contribution in [0.4, 0.5) is 5.69 Å². The highest BCUT2D eigenvalue weighted by Gasteiger charge is 2.33. The number of nitrogen functional groups attached to an aromatic ring is 1. The van der Waals surface area contributed by atoms with Gasteiger partial charge < -0.3 is 5.73 Å².